The standard InChI is InChI=1S/C20H21N3O4S/c24-18(6-7-19-22-23-20(27-19)14-8-10-28-13-14)21-15-3-1-4-16(11-15)26-12-17-5-2-9-25-17/h1,3-4,8,10-11,13,17H,2,5-7,9,12H2,(H,21,24). The molecule has 8 heteroatoms. The molecule has 1 N–H and O–H groups in total. The Labute approximate surface area is 166 Å². The zero-order valence-electron chi connectivity index (χ0n) is 15.3. The molecule has 1 fully saturated rings. The molecule has 0 radical (unpaired) electrons. The van der Waals surface area contributed by atoms with Gasteiger partial charge in [0.25, 0.3) is 0 Å². The molecule has 3 aromatic rings. The van der Waals surface area contributed by atoms with E-state index < -0.39 is 0 Å². The molecule has 146 valence electrons. The number of benzene rings is 1. The van der Waals surface area contributed by atoms with Gasteiger partial charge in [-0.2, -0.15) is 11.3 Å². The van der Waals surface area contributed by atoms with Crippen molar-refractivity contribution in [2.75, 3.05) is 18.5 Å². The predicted octanol–water partition coefficient (Wildman–Crippen LogP) is 3.93. The van der Waals surface area contributed by atoms with Crippen molar-refractivity contribution in [2.24, 2.45) is 0 Å². The summed E-state index contributed by atoms with van der Waals surface area (Å²) in [7, 11) is 0. The van der Waals surface area contributed by atoms with Crippen LogP contribution in [0.5, 0.6) is 5.75 Å². The van der Waals surface area contributed by atoms with Crippen molar-refractivity contribution in [3.8, 4) is 17.2 Å². The van der Waals surface area contributed by atoms with Gasteiger partial charge >= 0.3 is 0 Å². The van der Waals surface area contributed by atoms with E-state index in [4.69, 9.17) is 13.9 Å². The Morgan fingerprint density at radius 3 is 3.11 bits per heavy atom. The van der Waals surface area contributed by atoms with Gasteiger partial charge in [0.05, 0.1) is 6.10 Å². The first-order valence-electron chi connectivity index (χ1n) is 9.25. The van der Waals surface area contributed by atoms with Gasteiger partial charge in [0.1, 0.15) is 12.4 Å². The van der Waals surface area contributed by atoms with E-state index in [0.717, 1.165) is 25.0 Å². The Balaban J connectivity index is 1.26. The lowest BCUT2D eigenvalue weighted by molar-refractivity contribution is -0.116. The maximum atomic E-state index is 12.2. The maximum absolute atomic E-state index is 12.2. The number of carbonyl (C=O) groups excluding carboxylic acids is 1. The lowest BCUT2D eigenvalue weighted by atomic mass is 10.2. The first kappa shape index (κ1) is 18.6. The van der Waals surface area contributed by atoms with Crippen LogP contribution in [-0.2, 0) is 16.0 Å². The van der Waals surface area contributed by atoms with Gasteiger partial charge in [-0.05, 0) is 36.4 Å². The van der Waals surface area contributed by atoms with Gasteiger partial charge < -0.3 is 19.2 Å². The Bertz CT molecular complexity index is 904. The maximum Gasteiger partial charge on any atom is 0.248 e. The molecule has 1 aromatic carbocycles. The fourth-order valence-electron chi connectivity index (χ4n) is 2.93. The molecule has 28 heavy (non-hydrogen) atoms. The van der Waals surface area contributed by atoms with E-state index in [1.54, 1.807) is 11.3 Å². The van der Waals surface area contributed by atoms with Crippen molar-refractivity contribution in [1.29, 1.82) is 0 Å². The molecule has 1 amide bonds. The summed E-state index contributed by atoms with van der Waals surface area (Å²) in [6.45, 7) is 1.33. The minimum absolute atomic E-state index is 0.119. The van der Waals surface area contributed by atoms with Crippen LogP contribution in [0.1, 0.15) is 25.2 Å². The van der Waals surface area contributed by atoms with Crippen LogP contribution in [0.4, 0.5) is 5.69 Å². The highest BCUT2D eigenvalue weighted by Crippen LogP contribution is 2.22. The number of aromatic nitrogens is 2. The van der Waals surface area contributed by atoms with Crippen molar-refractivity contribution in [3.63, 3.8) is 0 Å². The van der Waals surface area contributed by atoms with Crippen molar-refractivity contribution in [3.05, 3.63) is 47.0 Å². The van der Waals surface area contributed by atoms with Crippen LogP contribution >= 0.6 is 11.3 Å². The number of anilines is 1. The number of amides is 1. The van der Waals surface area contributed by atoms with E-state index in [-0.39, 0.29) is 18.4 Å². The second kappa shape index (κ2) is 8.99. The molecule has 0 saturated carbocycles. The summed E-state index contributed by atoms with van der Waals surface area (Å²) in [5, 5.41) is 14.8. The minimum Gasteiger partial charge on any atom is -0.491 e. The molecule has 3 heterocycles. The molecule has 7 nitrogen and oxygen atoms in total. The summed E-state index contributed by atoms with van der Waals surface area (Å²) in [6, 6.07) is 9.29. The van der Waals surface area contributed by atoms with Crippen LogP contribution in [0.25, 0.3) is 11.5 Å². The molecule has 0 spiro atoms. The fraction of sp³-hybridized carbons (Fsp3) is 0.350. The summed E-state index contributed by atoms with van der Waals surface area (Å²) >= 11 is 1.57. The molecule has 4 rings (SSSR count). The Hall–Kier alpha value is -2.71. The molecule has 1 unspecified atom stereocenters. The van der Waals surface area contributed by atoms with Crippen molar-refractivity contribution in [2.45, 2.75) is 31.8 Å². The molecule has 1 saturated heterocycles. The topological polar surface area (TPSA) is 86.5 Å². The SMILES string of the molecule is O=C(CCc1nnc(-c2ccsc2)o1)Nc1cccc(OCC2CCCO2)c1. The van der Waals surface area contributed by atoms with Gasteiger partial charge in [-0.15, -0.1) is 10.2 Å². The van der Waals surface area contributed by atoms with Crippen LogP contribution in [0, 0.1) is 0 Å². The van der Waals surface area contributed by atoms with E-state index in [0.29, 0.717) is 36.2 Å². The number of hydrogen-bond acceptors (Lipinski definition) is 7. The third-order valence-corrected chi connectivity index (χ3v) is 5.06. The second-order valence-corrected chi connectivity index (χ2v) is 7.32. The monoisotopic (exact) mass is 399 g/mol. The van der Waals surface area contributed by atoms with Crippen LogP contribution in [0.15, 0.2) is 45.5 Å². The quantitative estimate of drug-likeness (QED) is 0.618. The zero-order valence-corrected chi connectivity index (χ0v) is 16.1. The lowest BCUT2D eigenvalue weighted by Crippen LogP contribution is -2.16. The first-order chi connectivity index (χ1) is 13.8. The summed E-state index contributed by atoms with van der Waals surface area (Å²) in [5.74, 6) is 1.52. The van der Waals surface area contributed by atoms with Crippen LogP contribution in [0.2, 0.25) is 0 Å². The molecule has 0 bridgehead atoms. The van der Waals surface area contributed by atoms with Gasteiger partial charge in [0.15, 0.2) is 0 Å². The molecule has 1 atom stereocenters. The lowest BCUT2D eigenvalue weighted by Gasteiger charge is -2.12. The Morgan fingerprint density at radius 1 is 1.32 bits per heavy atom. The van der Waals surface area contributed by atoms with Crippen molar-refractivity contribution < 1.29 is 18.7 Å². The average molecular weight is 399 g/mol. The molecule has 1 aliphatic rings. The predicted molar refractivity (Wildman–Crippen MR) is 105 cm³/mol. The smallest absolute Gasteiger partial charge is 0.248 e. The number of nitrogens with one attached hydrogen (secondary N) is 1. The number of carbonyl (C=O) groups is 1. The third-order valence-electron chi connectivity index (χ3n) is 4.38. The van der Waals surface area contributed by atoms with E-state index in [1.165, 1.54) is 0 Å². The van der Waals surface area contributed by atoms with E-state index in [2.05, 4.69) is 15.5 Å². The van der Waals surface area contributed by atoms with Gasteiger partial charge in [-0.1, -0.05) is 6.07 Å². The largest absolute Gasteiger partial charge is 0.491 e. The summed E-state index contributed by atoms with van der Waals surface area (Å²) in [6.07, 6.45) is 2.91. The molecule has 1 aliphatic heterocycles. The van der Waals surface area contributed by atoms with Crippen LogP contribution in [0.3, 0.4) is 0 Å². The number of rotatable bonds is 8. The number of hydrogen-bond donors (Lipinski definition) is 1. The summed E-state index contributed by atoms with van der Waals surface area (Å²) in [4.78, 5) is 12.2. The van der Waals surface area contributed by atoms with Gasteiger partial charge in [0.2, 0.25) is 17.7 Å². The minimum atomic E-state index is -0.119. The normalized spacial score (nSPS) is 16.2. The van der Waals surface area contributed by atoms with Crippen molar-refractivity contribution >= 4 is 22.9 Å². The second-order valence-electron chi connectivity index (χ2n) is 6.54. The number of nitrogens with zero attached hydrogens (tertiary/aromatic N) is 2. The first-order valence-corrected chi connectivity index (χ1v) is 10.2. The highest BCUT2D eigenvalue weighted by atomic mass is 32.1. The Morgan fingerprint density at radius 2 is 2.29 bits per heavy atom. The average Bonchev–Trinajstić information content (AvgIpc) is 3.47. The molecule has 0 aliphatic carbocycles. The van der Waals surface area contributed by atoms with Gasteiger partial charge in [0, 0.05) is 42.1 Å². The van der Waals surface area contributed by atoms with Gasteiger partial charge in [-0.25, -0.2) is 0 Å². The summed E-state index contributed by atoms with van der Waals surface area (Å²) in [5.41, 5.74) is 1.59. The Kier molecular flexibility index (Phi) is 5.98. The van der Waals surface area contributed by atoms with E-state index in [9.17, 15) is 4.79 Å². The van der Waals surface area contributed by atoms with E-state index >= 15 is 0 Å². The summed E-state index contributed by atoms with van der Waals surface area (Å²) < 4.78 is 16.9. The number of thiophene rings is 1. The van der Waals surface area contributed by atoms with Crippen LogP contribution in [-0.4, -0.2) is 35.4 Å². The van der Waals surface area contributed by atoms with E-state index in [1.807, 2.05) is 41.1 Å². The number of aryl methyl sites for hydroxylation is 1. The highest BCUT2D eigenvalue weighted by molar-refractivity contribution is 7.08. The third kappa shape index (κ3) is 4.96. The molecular weight excluding hydrogens is 378 g/mol. The van der Waals surface area contributed by atoms with Crippen LogP contribution < -0.4 is 10.1 Å². The number of ether oxygens (including phenoxy) is 2. The highest BCUT2D eigenvalue weighted by Gasteiger charge is 2.16. The molecular formula is C20H21N3O4S. The van der Waals surface area contributed by atoms with Gasteiger partial charge in [-0.3, -0.25) is 4.79 Å². The molecule has 2 aromatic heterocycles. The zero-order chi connectivity index (χ0) is 19.2. The fourth-order valence-corrected chi connectivity index (χ4v) is 3.56. The van der Waals surface area contributed by atoms with Crippen molar-refractivity contribution in [1.82, 2.24) is 10.2 Å².